The molecule has 3 rings (SSSR count). The molecule has 0 saturated heterocycles. The van der Waals surface area contributed by atoms with E-state index in [2.05, 4.69) is 32.0 Å². The number of hydrogen-bond donors (Lipinski definition) is 0. The van der Waals surface area contributed by atoms with Gasteiger partial charge in [0.2, 0.25) is 11.2 Å². The average Bonchev–Trinajstić information content (AvgIpc) is 2.88. The number of aromatic nitrogens is 6. The number of nitrogens with zero attached hydrogens (tertiary/aromatic N) is 7. The van der Waals surface area contributed by atoms with Gasteiger partial charge in [0.05, 0.1) is 0 Å². The van der Waals surface area contributed by atoms with E-state index in [1.54, 1.807) is 0 Å². The molecule has 0 aromatic carbocycles. The van der Waals surface area contributed by atoms with Crippen molar-refractivity contribution in [3.8, 4) is 5.95 Å². The minimum absolute atomic E-state index is 0.159. The van der Waals surface area contributed by atoms with Crippen LogP contribution in [0.2, 0.25) is 5.28 Å². The van der Waals surface area contributed by atoms with Crippen LogP contribution >= 0.6 is 11.6 Å². The monoisotopic (exact) mass is 279 g/mol. The minimum atomic E-state index is 0.159. The summed E-state index contributed by atoms with van der Waals surface area (Å²) in [6, 6.07) is 0. The number of hydrogen-bond acceptors (Lipinski definition) is 6. The second-order valence-corrected chi connectivity index (χ2v) is 5.24. The molecule has 0 bridgehead atoms. The molecule has 2 aromatic heterocycles. The first-order valence-corrected chi connectivity index (χ1v) is 6.49. The quantitative estimate of drug-likeness (QED) is 0.837. The lowest BCUT2D eigenvalue weighted by atomic mass is 10.3. The highest BCUT2D eigenvalue weighted by atomic mass is 35.5. The van der Waals surface area contributed by atoms with E-state index in [-0.39, 0.29) is 5.28 Å². The second kappa shape index (κ2) is 4.73. The third kappa shape index (κ3) is 2.65. The van der Waals surface area contributed by atoms with Gasteiger partial charge in [0, 0.05) is 13.6 Å². The molecular weight excluding hydrogens is 266 g/mol. The van der Waals surface area contributed by atoms with Gasteiger partial charge in [0.1, 0.15) is 12.7 Å². The maximum Gasteiger partial charge on any atom is 0.258 e. The van der Waals surface area contributed by atoms with Crippen LogP contribution in [-0.2, 0) is 0 Å². The van der Waals surface area contributed by atoms with E-state index in [1.807, 2.05) is 11.9 Å². The summed E-state index contributed by atoms with van der Waals surface area (Å²) in [7, 11) is 1.96. The standard InChI is InChI=1S/C11H14ClN7/c1-7-3-8(7)4-18(2)10-15-9(12)16-11(17-10)19-6-13-5-14-19/h5-8H,3-4H2,1-2H3. The Kier molecular flexibility index (Phi) is 3.06. The third-order valence-corrected chi connectivity index (χ3v) is 3.50. The van der Waals surface area contributed by atoms with E-state index in [0.717, 1.165) is 18.4 Å². The van der Waals surface area contributed by atoms with Gasteiger partial charge >= 0.3 is 0 Å². The zero-order valence-corrected chi connectivity index (χ0v) is 11.5. The Morgan fingerprint density at radius 1 is 1.42 bits per heavy atom. The van der Waals surface area contributed by atoms with E-state index >= 15 is 0 Å². The smallest absolute Gasteiger partial charge is 0.258 e. The maximum atomic E-state index is 5.94. The van der Waals surface area contributed by atoms with Gasteiger partial charge in [-0.2, -0.15) is 24.7 Å². The molecule has 100 valence electrons. The molecule has 0 amide bonds. The molecule has 1 saturated carbocycles. The van der Waals surface area contributed by atoms with Gasteiger partial charge in [-0.3, -0.25) is 0 Å². The molecule has 1 fully saturated rings. The number of anilines is 1. The molecule has 0 spiro atoms. The highest BCUT2D eigenvalue weighted by Gasteiger charge is 2.33. The van der Waals surface area contributed by atoms with Crippen molar-refractivity contribution >= 4 is 17.5 Å². The molecule has 0 radical (unpaired) electrons. The first-order chi connectivity index (χ1) is 9.13. The van der Waals surface area contributed by atoms with Crippen molar-refractivity contribution in [2.45, 2.75) is 13.3 Å². The largest absolute Gasteiger partial charge is 0.343 e. The Morgan fingerprint density at radius 2 is 2.21 bits per heavy atom. The van der Waals surface area contributed by atoms with E-state index < -0.39 is 0 Å². The fourth-order valence-corrected chi connectivity index (χ4v) is 2.15. The SMILES string of the molecule is CC1CC1CN(C)c1nc(Cl)nc(-n2cncn2)n1. The Bertz CT molecular complexity index is 570. The molecular formula is C11H14ClN7. The predicted molar refractivity (Wildman–Crippen MR) is 70.3 cm³/mol. The second-order valence-electron chi connectivity index (χ2n) is 4.90. The van der Waals surface area contributed by atoms with Gasteiger partial charge in [-0.05, 0) is 29.9 Å². The molecule has 1 aliphatic carbocycles. The Morgan fingerprint density at radius 3 is 2.84 bits per heavy atom. The molecule has 0 N–H and O–H groups in total. The van der Waals surface area contributed by atoms with Crippen molar-refractivity contribution in [3.05, 3.63) is 17.9 Å². The van der Waals surface area contributed by atoms with Crippen molar-refractivity contribution < 1.29 is 0 Å². The van der Waals surface area contributed by atoms with Crippen LogP contribution in [0.15, 0.2) is 12.7 Å². The van der Waals surface area contributed by atoms with Crippen molar-refractivity contribution in [1.82, 2.24) is 29.7 Å². The fraction of sp³-hybridized carbons (Fsp3) is 0.545. The summed E-state index contributed by atoms with van der Waals surface area (Å²) in [5.74, 6) is 2.44. The van der Waals surface area contributed by atoms with Crippen LogP contribution in [0.3, 0.4) is 0 Å². The van der Waals surface area contributed by atoms with Crippen LogP contribution in [-0.4, -0.2) is 43.3 Å². The minimum Gasteiger partial charge on any atom is -0.343 e. The van der Waals surface area contributed by atoms with E-state index in [1.165, 1.54) is 23.8 Å². The summed E-state index contributed by atoms with van der Waals surface area (Å²) in [5, 5.41) is 4.15. The fourth-order valence-electron chi connectivity index (χ4n) is 2.00. The summed E-state index contributed by atoms with van der Waals surface area (Å²) >= 11 is 5.94. The topological polar surface area (TPSA) is 72.6 Å². The summed E-state index contributed by atoms with van der Waals surface area (Å²) in [6.45, 7) is 3.18. The van der Waals surface area contributed by atoms with Crippen LogP contribution in [0, 0.1) is 11.8 Å². The lowest BCUT2D eigenvalue weighted by molar-refractivity contribution is 0.702. The zero-order valence-electron chi connectivity index (χ0n) is 10.7. The van der Waals surface area contributed by atoms with Crippen LogP contribution in [0.5, 0.6) is 0 Å². The highest BCUT2D eigenvalue weighted by molar-refractivity contribution is 6.28. The Balaban J connectivity index is 1.85. The normalized spacial score (nSPS) is 21.4. The van der Waals surface area contributed by atoms with Crippen molar-refractivity contribution in [1.29, 1.82) is 0 Å². The maximum absolute atomic E-state index is 5.94. The van der Waals surface area contributed by atoms with Crippen molar-refractivity contribution in [3.63, 3.8) is 0 Å². The predicted octanol–water partition coefficient (Wildman–Crippen LogP) is 1.20. The summed E-state index contributed by atoms with van der Waals surface area (Å²) in [4.78, 5) is 18.4. The van der Waals surface area contributed by atoms with Gasteiger partial charge in [-0.25, -0.2) is 4.98 Å². The molecule has 0 aliphatic heterocycles. The highest BCUT2D eigenvalue weighted by Crippen LogP contribution is 2.38. The lowest BCUT2D eigenvalue weighted by Gasteiger charge is -2.17. The molecule has 7 nitrogen and oxygen atoms in total. The zero-order chi connectivity index (χ0) is 13.4. The van der Waals surface area contributed by atoms with Crippen LogP contribution in [0.1, 0.15) is 13.3 Å². The first kappa shape index (κ1) is 12.3. The molecule has 1 aliphatic rings. The molecule has 8 heteroatoms. The van der Waals surface area contributed by atoms with E-state index in [4.69, 9.17) is 11.6 Å². The molecule has 2 atom stereocenters. The molecule has 2 heterocycles. The number of halogens is 1. The van der Waals surface area contributed by atoms with Gasteiger partial charge in [-0.15, -0.1) is 0 Å². The summed E-state index contributed by atoms with van der Waals surface area (Å²) in [6.07, 6.45) is 4.21. The first-order valence-electron chi connectivity index (χ1n) is 6.11. The molecule has 2 aromatic rings. The van der Waals surface area contributed by atoms with Crippen molar-refractivity contribution in [2.75, 3.05) is 18.5 Å². The average molecular weight is 280 g/mol. The van der Waals surface area contributed by atoms with Gasteiger partial charge in [0.25, 0.3) is 5.95 Å². The van der Waals surface area contributed by atoms with Crippen LogP contribution in [0.4, 0.5) is 5.95 Å². The molecule has 19 heavy (non-hydrogen) atoms. The Hall–Kier alpha value is -1.76. The van der Waals surface area contributed by atoms with E-state index in [9.17, 15) is 0 Å². The lowest BCUT2D eigenvalue weighted by Crippen LogP contribution is -2.24. The summed E-state index contributed by atoms with van der Waals surface area (Å²) < 4.78 is 1.46. The molecule has 2 unspecified atom stereocenters. The van der Waals surface area contributed by atoms with Crippen LogP contribution < -0.4 is 4.90 Å². The van der Waals surface area contributed by atoms with Crippen molar-refractivity contribution in [2.24, 2.45) is 11.8 Å². The van der Waals surface area contributed by atoms with E-state index in [0.29, 0.717) is 11.9 Å². The van der Waals surface area contributed by atoms with Gasteiger partial charge in [0.15, 0.2) is 0 Å². The van der Waals surface area contributed by atoms with Crippen LogP contribution in [0.25, 0.3) is 5.95 Å². The Labute approximate surface area is 115 Å². The summed E-state index contributed by atoms with van der Waals surface area (Å²) in [5.41, 5.74) is 0. The van der Waals surface area contributed by atoms with Gasteiger partial charge < -0.3 is 4.90 Å². The third-order valence-electron chi connectivity index (χ3n) is 3.33. The van der Waals surface area contributed by atoms with Gasteiger partial charge in [-0.1, -0.05) is 6.92 Å². The number of rotatable bonds is 4.